The summed E-state index contributed by atoms with van der Waals surface area (Å²) in [5.74, 6) is 0.0894. The van der Waals surface area contributed by atoms with Gasteiger partial charge in [-0.05, 0) is 24.6 Å². The summed E-state index contributed by atoms with van der Waals surface area (Å²) in [4.78, 5) is 27.0. The number of benzene rings is 1. The van der Waals surface area contributed by atoms with Gasteiger partial charge in [0, 0.05) is 38.9 Å². The first-order valence-corrected chi connectivity index (χ1v) is 9.97. The zero-order chi connectivity index (χ0) is 18.6. The van der Waals surface area contributed by atoms with Crippen LogP contribution < -0.4 is 0 Å². The van der Waals surface area contributed by atoms with Crippen molar-refractivity contribution in [3.8, 4) is 10.7 Å². The normalized spacial score (nSPS) is 15.1. The molecule has 3 aromatic rings. The lowest BCUT2D eigenvalue weighted by Gasteiger charge is -2.34. The highest BCUT2D eigenvalue weighted by Gasteiger charge is 2.25. The van der Waals surface area contributed by atoms with Crippen LogP contribution in [-0.2, 0) is 6.54 Å². The molecule has 0 saturated carbocycles. The summed E-state index contributed by atoms with van der Waals surface area (Å²) >= 11 is 1.44. The molecule has 1 aliphatic rings. The lowest BCUT2D eigenvalue weighted by atomic mass is 10.2. The number of aromatic nitrogens is 2. The molecule has 1 aromatic carbocycles. The summed E-state index contributed by atoms with van der Waals surface area (Å²) in [5, 5.41) is 0.805. The molecular weight excluding hydrogens is 356 g/mol. The summed E-state index contributed by atoms with van der Waals surface area (Å²) in [7, 11) is 0. The zero-order valence-corrected chi connectivity index (χ0v) is 16.2. The molecule has 138 valence electrons. The van der Waals surface area contributed by atoms with E-state index in [0.717, 1.165) is 54.0 Å². The monoisotopic (exact) mass is 378 g/mol. The molecule has 27 heavy (non-hydrogen) atoms. The molecule has 2 aromatic heterocycles. The van der Waals surface area contributed by atoms with E-state index in [2.05, 4.69) is 39.1 Å². The van der Waals surface area contributed by atoms with Gasteiger partial charge in [-0.15, -0.1) is 11.3 Å². The zero-order valence-electron chi connectivity index (χ0n) is 15.3. The van der Waals surface area contributed by atoms with E-state index >= 15 is 0 Å². The Morgan fingerprint density at radius 3 is 2.48 bits per heavy atom. The number of rotatable bonds is 4. The van der Waals surface area contributed by atoms with Crippen LogP contribution >= 0.6 is 11.3 Å². The molecule has 0 radical (unpaired) electrons. The molecule has 0 atom stereocenters. The van der Waals surface area contributed by atoms with E-state index in [1.807, 2.05) is 36.1 Å². The molecule has 1 saturated heterocycles. The molecule has 1 fully saturated rings. The maximum atomic E-state index is 13.0. The number of thiazole rings is 1. The molecule has 0 bridgehead atoms. The van der Waals surface area contributed by atoms with E-state index in [4.69, 9.17) is 0 Å². The van der Waals surface area contributed by atoms with Gasteiger partial charge in [0.05, 0.1) is 11.4 Å². The Balaban J connectivity index is 1.40. The third-order valence-corrected chi connectivity index (χ3v) is 5.95. The van der Waals surface area contributed by atoms with Crippen LogP contribution in [0.3, 0.4) is 0 Å². The predicted octanol–water partition coefficient (Wildman–Crippen LogP) is 3.47. The topological polar surface area (TPSA) is 49.3 Å². The summed E-state index contributed by atoms with van der Waals surface area (Å²) in [6.07, 6.45) is 1.75. The van der Waals surface area contributed by atoms with Crippen LogP contribution in [0.4, 0.5) is 0 Å². The number of carbonyl (C=O) groups is 1. The Hall–Kier alpha value is -2.57. The highest BCUT2D eigenvalue weighted by atomic mass is 32.1. The molecule has 3 heterocycles. The van der Waals surface area contributed by atoms with Crippen LogP contribution in [0, 0.1) is 6.92 Å². The minimum atomic E-state index is 0.0894. The van der Waals surface area contributed by atoms with E-state index in [1.54, 1.807) is 6.20 Å². The van der Waals surface area contributed by atoms with Crippen molar-refractivity contribution in [2.45, 2.75) is 13.5 Å². The molecule has 0 spiro atoms. The number of nitrogens with zero attached hydrogens (tertiary/aromatic N) is 4. The molecule has 1 amide bonds. The number of amides is 1. The molecule has 0 aliphatic carbocycles. The molecule has 0 unspecified atom stereocenters. The highest BCUT2D eigenvalue weighted by Crippen LogP contribution is 2.27. The quantitative estimate of drug-likeness (QED) is 0.697. The van der Waals surface area contributed by atoms with Crippen molar-refractivity contribution in [2.75, 3.05) is 26.2 Å². The third kappa shape index (κ3) is 4.07. The Labute approximate surface area is 163 Å². The van der Waals surface area contributed by atoms with Crippen molar-refractivity contribution in [1.82, 2.24) is 19.8 Å². The summed E-state index contributed by atoms with van der Waals surface area (Å²) < 4.78 is 0. The van der Waals surface area contributed by atoms with Crippen molar-refractivity contribution in [2.24, 2.45) is 0 Å². The Morgan fingerprint density at radius 1 is 1.04 bits per heavy atom. The van der Waals surface area contributed by atoms with E-state index in [0.29, 0.717) is 0 Å². The highest BCUT2D eigenvalue weighted by molar-refractivity contribution is 7.17. The van der Waals surface area contributed by atoms with Crippen LogP contribution in [-0.4, -0.2) is 51.9 Å². The molecule has 1 aliphatic heterocycles. The van der Waals surface area contributed by atoms with E-state index in [-0.39, 0.29) is 5.91 Å². The van der Waals surface area contributed by atoms with Gasteiger partial charge < -0.3 is 4.90 Å². The fraction of sp³-hybridized carbons (Fsp3) is 0.286. The maximum absolute atomic E-state index is 13.0. The van der Waals surface area contributed by atoms with Crippen molar-refractivity contribution in [3.63, 3.8) is 0 Å². The number of hydrogen-bond donors (Lipinski definition) is 0. The minimum absolute atomic E-state index is 0.0894. The molecule has 4 rings (SSSR count). The first-order chi connectivity index (χ1) is 13.2. The van der Waals surface area contributed by atoms with Crippen molar-refractivity contribution < 1.29 is 4.79 Å². The fourth-order valence-electron chi connectivity index (χ4n) is 3.29. The van der Waals surface area contributed by atoms with Gasteiger partial charge in [0.25, 0.3) is 5.91 Å². The number of carbonyl (C=O) groups excluding carboxylic acids is 1. The van der Waals surface area contributed by atoms with Gasteiger partial charge in [0.1, 0.15) is 9.88 Å². The average Bonchev–Trinajstić information content (AvgIpc) is 3.11. The Bertz CT molecular complexity index is 902. The second-order valence-electron chi connectivity index (χ2n) is 6.70. The second kappa shape index (κ2) is 7.98. The van der Waals surface area contributed by atoms with Crippen LogP contribution in [0.1, 0.15) is 20.9 Å². The van der Waals surface area contributed by atoms with E-state index in [9.17, 15) is 4.79 Å². The molecule has 0 N–H and O–H groups in total. The van der Waals surface area contributed by atoms with Crippen molar-refractivity contribution in [3.05, 3.63) is 70.9 Å². The number of piperazine rings is 1. The number of hydrogen-bond acceptors (Lipinski definition) is 5. The minimum Gasteiger partial charge on any atom is -0.335 e. The van der Waals surface area contributed by atoms with Crippen LogP contribution in [0.25, 0.3) is 10.7 Å². The smallest absolute Gasteiger partial charge is 0.265 e. The van der Waals surface area contributed by atoms with E-state index in [1.165, 1.54) is 16.9 Å². The number of pyridine rings is 1. The van der Waals surface area contributed by atoms with Crippen molar-refractivity contribution in [1.29, 1.82) is 0 Å². The van der Waals surface area contributed by atoms with Gasteiger partial charge in [0.15, 0.2) is 0 Å². The lowest BCUT2D eigenvalue weighted by molar-refractivity contribution is 0.0632. The maximum Gasteiger partial charge on any atom is 0.265 e. The second-order valence-corrected chi connectivity index (χ2v) is 7.70. The first-order valence-electron chi connectivity index (χ1n) is 9.15. The Morgan fingerprint density at radius 2 is 1.78 bits per heavy atom. The first kappa shape index (κ1) is 17.8. The van der Waals surface area contributed by atoms with Gasteiger partial charge in [-0.25, -0.2) is 4.98 Å². The lowest BCUT2D eigenvalue weighted by Crippen LogP contribution is -2.48. The largest absolute Gasteiger partial charge is 0.335 e. The van der Waals surface area contributed by atoms with E-state index < -0.39 is 0 Å². The van der Waals surface area contributed by atoms with Gasteiger partial charge in [0.2, 0.25) is 0 Å². The van der Waals surface area contributed by atoms with Gasteiger partial charge in [-0.2, -0.15) is 0 Å². The average molecular weight is 379 g/mol. The predicted molar refractivity (Wildman–Crippen MR) is 108 cm³/mol. The molecule has 5 nitrogen and oxygen atoms in total. The van der Waals surface area contributed by atoms with Gasteiger partial charge >= 0.3 is 0 Å². The van der Waals surface area contributed by atoms with Gasteiger partial charge in [-0.3, -0.25) is 14.7 Å². The van der Waals surface area contributed by atoms with Gasteiger partial charge in [-0.1, -0.05) is 36.4 Å². The Kier molecular flexibility index (Phi) is 5.27. The van der Waals surface area contributed by atoms with Crippen LogP contribution in [0.5, 0.6) is 0 Å². The van der Waals surface area contributed by atoms with Crippen LogP contribution in [0.2, 0.25) is 0 Å². The SMILES string of the molecule is Cc1nc(-c2ccccn2)sc1C(=O)N1CCN(Cc2ccccc2)CC1. The van der Waals surface area contributed by atoms with Crippen molar-refractivity contribution >= 4 is 17.2 Å². The molecule has 6 heteroatoms. The standard InChI is InChI=1S/C21H22N4OS/c1-16-19(27-20(23-16)18-9-5-6-10-22-18)21(26)25-13-11-24(12-14-25)15-17-7-3-2-4-8-17/h2-10H,11-15H2,1H3. The van der Waals surface area contributed by atoms with Crippen LogP contribution in [0.15, 0.2) is 54.7 Å². The summed E-state index contributed by atoms with van der Waals surface area (Å²) in [6.45, 7) is 6.13. The number of aryl methyl sites for hydroxylation is 1. The summed E-state index contributed by atoms with van der Waals surface area (Å²) in [5.41, 5.74) is 2.92. The fourth-order valence-corrected chi connectivity index (χ4v) is 4.30. The summed E-state index contributed by atoms with van der Waals surface area (Å²) in [6, 6.07) is 16.2. The molecular formula is C21H22N4OS. The third-order valence-electron chi connectivity index (χ3n) is 4.78.